The van der Waals surface area contributed by atoms with Gasteiger partial charge in [0.1, 0.15) is 5.15 Å². The molecule has 0 radical (unpaired) electrons. The first-order valence-electron chi connectivity index (χ1n) is 6.25. The summed E-state index contributed by atoms with van der Waals surface area (Å²) in [5.41, 5.74) is 2.17. The molecule has 0 saturated heterocycles. The molecule has 1 N–H and O–H groups in total. The quantitative estimate of drug-likeness (QED) is 0.624. The third-order valence-electron chi connectivity index (χ3n) is 3.08. The van der Waals surface area contributed by atoms with Crippen LogP contribution in [0, 0.1) is 6.92 Å². The lowest BCUT2D eigenvalue weighted by molar-refractivity contribution is 0.690. The predicted molar refractivity (Wildman–Crippen MR) is 71.4 cm³/mol. The van der Waals surface area contributed by atoms with Crippen LogP contribution in [-0.4, -0.2) is 22.4 Å². The van der Waals surface area contributed by atoms with E-state index in [2.05, 4.69) is 22.6 Å². The van der Waals surface area contributed by atoms with Gasteiger partial charge in [-0.05, 0) is 39.2 Å². The van der Waals surface area contributed by atoms with Gasteiger partial charge in [0.25, 0.3) is 0 Å². The molecule has 3 nitrogen and oxygen atoms in total. The summed E-state index contributed by atoms with van der Waals surface area (Å²) < 4.78 is 1.73. The van der Waals surface area contributed by atoms with Crippen molar-refractivity contribution in [2.24, 2.45) is 7.05 Å². The first kappa shape index (κ1) is 12.7. The first-order chi connectivity index (χ1) is 8.18. The topological polar surface area (TPSA) is 29.9 Å². The van der Waals surface area contributed by atoms with Crippen molar-refractivity contribution >= 4 is 11.6 Å². The maximum absolute atomic E-state index is 6.16. The summed E-state index contributed by atoms with van der Waals surface area (Å²) in [6.07, 6.45) is 9.08. The molecule has 1 heterocycles. The first-order valence-corrected chi connectivity index (χ1v) is 6.62. The lowest BCUT2D eigenvalue weighted by Crippen LogP contribution is -2.16. The Morgan fingerprint density at radius 3 is 2.82 bits per heavy atom. The normalized spacial score (nSPS) is 15.9. The fourth-order valence-corrected chi connectivity index (χ4v) is 2.13. The average Bonchev–Trinajstić information content (AvgIpc) is 3.07. The fourth-order valence-electron chi connectivity index (χ4n) is 1.88. The molecular weight excluding hydrogens is 234 g/mol. The standard InChI is InChI=1S/C13H20ClN3/c1-10-12(13(14)17(2)16-10)6-4-3-5-9-15-11-7-8-11/h3-4,11,15H,5-9H2,1-2H3/b4-3+. The average molecular weight is 254 g/mol. The summed E-state index contributed by atoms with van der Waals surface area (Å²) in [5, 5.41) is 8.54. The number of allylic oxidation sites excluding steroid dienone is 1. The van der Waals surface area contributed by atoms with Gasteiger partial charge >= 0.3 is 0 Å². The SMILES string of the molecule is Cc1nn(C)c(Cl)c1C/C=C/CCNC1CC1. The van der Waals surface area contributed by atoms with Crippen molar-refractivity contribution in [3.8, 4) is 0 Å². The van der Waals surface area contributed by atoms with Crippen molar-refractivity contribution in [2.45, 2.75) is 38.6 Å². The molecule has 0 aromatic carbocycles. The lowest BCUT2D eigenvalue weighted by Gasteiger charge is -1.98. The summed E-state index contributed by atoms with van der Waals surface area (Å²) in [7, 11) is 1.88. The van der Waals surface area contributed by atoms with E-state index >= 15 is 0 Å². The number of aryl methyl sites for hydroxylation is 2. The minimum absolute atomic E-state index is 0.753. The number of hydrogen-bond acceptors (Lipinski definition) is 2. The van der Waals surface area contributed by atoms with Gasteiger partial charge < -0.3 is 5.32 Å². The second-order valence-electron chi connectivity index (χ2n) is 4.67. The Kier molecular flexibility index (Phi) is 4.24. The van der Waals surface area contributed by atoms with Crippen LogP contribution >= 0.6 is 11.6 Å². The number of aromatic nitrogens is 2. The highest BCUT2D eigenvalue weighted by Crippen LogP contribution is 2.19. The van der Waals surface area contributed by atoms with Crippen LogP contribution in [0.15, 0.2) is 12.2 Å². The zero-order valence-corrected chi connectivity index (χ0v) is 11.3. The van der Waals surface area contributed by atoms with E-state index in [1.54, 1.807) is 4.68 Å². The maximum atomic E-state index is 6.16. The number of nitrogens with zero attached hydrogens (tertiary/aromatic N) is 2. The minimum atomic E-state index is 0.753. The molecule has 1 aliphatic rings. The van der Waals surface area contributed by atoms with Crippen molar-refractivity contribution < 1.29 is 0 Å². The fraction of sp³-hybridized carbons (Fsp3) is 0.615. The highest BCUT2D eigenvalue weighted by Gasteiger charge is 2.19. The summed E-state index contributed by atoms with van der Waals surface area (Å²) in [6.45, 7) is 3.09. The zero-order chi connectivity index (χ0) is 12.3. The molecule has 0 amide bonds. The van der Waals surface area contributed by atoms with E-state index in [9.17, 15) is 0 Å². The third-order valence-corrected chi connectivity index (χ3v) is 3.55. The highest BCUT2D eigenvalue weighted by molar-refractivity contribution is 6.30. The van der Waals surface area contributed by atoms with Gasteiger partial charge in [0.05, 0.1) is 5.69 Å². The second-order valence-corrected chi connectivity index (χ2v) is 5.03. The van der Waals surface area contributed by atoms with E-state index in [1.165, 1.54) is 12.8 Å². The van der Waals surface area contributed by atoms with Crippen LogP contribution in [0.4, 0.5) is 0 Å². The largest absolute Gasteiger partial charge is 0.314 e. The van der Waals surface area contributed by atoms with E-state index < -0.39 is 0 Å². The summed E-state index contributed by atoms with van der Waals surface area (Å²) >= 11 is 6.16. The van der Waals surface area contributed by atoms with Gasteiger partial charge in [-0.2, -0.15) is 5.10 Å². The monoisotopic (exact) mass is 253 g/mol. The molecule has 0 atom stereocenters. The highest BCUT2D eigenvalue weighted by atomic mass is 35.5. The summed E-state index contributed by atoms with van der Waals surface area (Å²) in [5.74, 6) is 0. The number of hydrogen-bond donors (Lipinski definition) is 1. The van der Waals surface area contributed by atoms with Gasteiger partial charge in [0.2, 0.25) is 0 Å². The Hall–Kier alpha value is -0.800. The third kappa shape index (κ3) is 3.58. The molecule has 1 aromatic rings. The molecule has 4 heteroatoms. The summed E-state index contributed by atoms with van der Waals surface area (Å²) in [4.78, 5) is 0. The number of rotatable bonds is 6. The van der Waals surface area contributed by atoms with Crippen molar-refractivity contribution in [2.75, 3.05) is 6.54 Å². The Morgan fingerprint density at radius 2 is 2.24 bits per heavy atom. The predicted octanol–water partition coefficient (Wildman–Crippen LogP) is 2.62. The number of halogens is 1. The maximum Gasteiger partial charge on any atom is 0.130 e. The molecule has 1 saturated carbocycles. The Balaban J connectivity index is 1.74. The second kappa shape index (κ2) is 5.69. The molecule has 1 fully saturated rings. The molecule has 1 aromatic heterocycles. The Bertz CT molecular complexity index is 405. The minimum Gasteiger partial charge on any atom is -0.314 e. The van der Waals surface area contributed by atoms with Crippen LogP contribution in [0.1, 0.15) is 30.5 Å². The van der Waals surface area contributed by atoms with Gasteiger partial charge in [-0.25, -0.2) is 0 Å². The van der Waals surface area contributed by atoms with Crippen molar-refractivity contribution in [1.82, 2.24) is 15.1 Å². The van der Waals surface area contributed by atoms with E-state index in [0.29, 0.717) is 0 Å². The van der Waals surface area contributed by atoms with Gasteiger partial charge in [-0.3, -0.25) is 4.68 Å². The Morgan fingerprint density at radius 1 is 1.47 bits per heavy atom. The smallest absolute Gasteiger partial charge is 0.130 e. The van der Waals surface area contributed by atoms with E-state index in [1.807, 2.05) is 14.0 Å². The molecule has 0 spiro atoms. The molecule has 0 aliphatic heterocycles. The van der Waals surface area contributed by atoms with Crippen LogP contribution in [0.2, 0.25) is 5.15 Å². The molecule has 94 valence electrons. The van der Waals surface area contributed by atoms with Crippen LogP contribution in [-0.2, 0) is 13.5 Å². The molecule has 0 bridgehead atoms. The number of nitrogens with one attached hydrogen (secondary N) is 1. The van der Waals surface area contributed by atoms with Crippen LogP contribution in [0.25, 0.3) is 0 Å². The van der Waals surface area contributed by atoms with Crippen molar-refractivity contribution in [1.29, 1.82) is 0 Å². The van der Waals surface area contributed by atoms with E-state index in [0.717, 1.165) is 41.8 Å². The van der Waals surface area contributed by atoms with E-state index in [4.69, 9.17) is 11.6 Å². The van der Waals surface area contributed by atoms with Crippen molar-refractivity contribution in [3.63, 3.8) is 0 Å². The van der Waals surface area contributed by atoms with Gasteiger partial charge in [0.15, 0.2) is 0 Å². The van der Waals surface area contributed by atoms with Crippen LogP contribution in [0.3, 0.4) is 0 Å². The molecule has 0 unspecified atom stereocenters. The molecule has 1 aliphatic carbocycles. The van der Waals surface area contributed by atoms with Gasteiger partial charge in [-0.1, -0.05) is 23.8 Å². The van der Waals surface area contributed by atoms with Gasteiger partial charge in [0, 0.05) is 18.7 Å². The zero-order valence-electron chi connectivity index (χ0n) is 10.5. The van der Waals surface area contributed by atoms with Crippen LogP contribution < -0.4 is 5.32 Å². The lowest BCUT2D eigenvalue weighted by atomic mass is 10.2. The molecular formula is C13H20ClN3. The van der Waals surface area contributed by atoms with Crippen molar-refractivity contribution in [3.05, 3.63) is 28.6 Å². The van der Waals surface area contributed by atoms with Crippen LogP contribution in [0.5, 0.6) is 0 Å². The van der Waals surface area contributed by atoms with Gasteiger partial charge in [-0.15, -0.1) is 0 Å². The molecule has 2 rings (SSSR count). The van der Waals surface area contributed by atoms with E-state index in [-0.39, 0.29) is 0 Å². The Labute approximate surface area is 108 Å². The summed E-state index contributed by atoms with van der Waals surface area (Å²) in [6, 6.07) is 0.804. The molecule has 17 heavy (non-hydrogen) atoms.